The highest BCUT2D eigenvalue weighted by atomic mass is 15.3. The summed E-state index contributed by atoms with van der Waals surface area (Å²) in [5.74, 6) is 0. The Morgan fingerprint density at radius 3 is 2.13 bits per heavy atom. The second kappa shape index (κ2) is 4.36. The Kier molecular flexibility index (Phi) is 3.11. The molecule has 1 heteroatoms. The van der Waals surface area contributed by atoms with E-state index in [0.717, 1.165) is 10.5 Å². The lowest BCUT2D eigenvalue weighted by Gasteiger charge is -2.39. The van der Waals surface area contributed by atoms with Crippen LogP contribution in [-0.2, 0) is 0 Å². The molecule has 1 aromatic rings. The molecule has 0 N–H and O–H groups in total. The Morgan fingerprint density at radius 1 is 0.933 bits per heavy atom. The second-order valence-electron chi connectivity index (χ2n) is 5.17. The lowest BCUT2D eigenvalue weighted by molar-refractivity contribution is 0.229. The van der Waals surface area contributed by atoms with E-state index >= 15 is 0 Å². The highest BCUT2D eigenvalue weighted by Crippen LogP contribution is 2.30. The molecule has 1 aliphatic carbocycles. The zero-order valence-electron chi connectivity index (χ0n) is 9.95. The van der Waals surface area contributed by atoms with Crippen LogP contribution in [0.3, 0.4) is 0 Å². The van der Waals surface area contributed by atoms with E-state index in [-0.39, 0.29) is 0 Å². The maximum Gasteiger partial charge on any atom is 0.132 e. The fourth-order valence-electron chi connectivity index (χ4n) is 2.75. The predicted octanol–water partition coefficient (Wildman–Crippen LogP) is 3.59. The third-order valence-corrected chi connectivity index (χ3v) is 3.91. The zero-order chi connectivity index (χ0) is 10.7. The summed E-state index contributed by atoms with van der Waals surface area (Å²) < 4.78 is 1.06. The summed E-state index contributed by atoms with van der Waals surface area (Å²) >= 11 is 0. The SMILES string of the molecule is C[N+](C)(c1ccccc1)C1CCCCC1. The summed E-state index contributed by atoms with van der Waals surface area (Å²) in [5.41, 5.74) is 1.45. The molecule has 1 nitrogen and oxygen atoms in total. The molecule has 0 atom stereocenters. The molecule has 0 saturated heterocycles. The van der Waals surface area contributed by atoms with Crippen molar-refractivity contribution >= 4 is 5.69 Å². The first kappa shape index (κ1) is 10.7. The highest BCUT2D eigenvalue weighted by molar-refractivity contribution is 5.42. The molecular formula is C14H22N+. The third-order valence-electron chi connectivity index (χ3n) is 3.91. The van der Waals surface area contributed by atoms with E-state index in [1.807, 2.05) is 0 Å². The molecule has 1 fully saturated rings. The summed E-state index contributed by atoms with van der Waals surface area (Å²) in [7, 11) is 4.70. The van der Waals surface area contributed by atoms with Crippen LogP contribution in [0.5, 0.6) is 0 Å². The summed E-state index contributed by atoms with van der Waals surface area (Å²) in [6.07, 6.45) is 7.05. The van der Waals surface area contributed by atoms with Gasteiger partial charge in [0.25, 0.3) is 0 Å². The van der Waals surface area contributed by atoms with Crippen molar-refractivity contribution in [3.05, 3.63) is 30.3 Å². The van der Waals surface area contributed by atoms with Gasteiger partial charge in [-0.3, -0.25) is 4.48 Å². The molecule has 0 bridgehead atoms. The van der Waals surface area contributed by atoms with Gasteiger partial charge in [0, 0.05) is 0 Å². The van der Waals surface area contributed by atoms with Crippen molar-refractivity contribution in [2.24, 2.45) is 0 Å². The van der Waals surface area contributed by atoms with Crippen molar-refractivity contribution in [3.63, 3.8) is 0 Å². The number of nitrogens with zero attached hydrogens (tertiary/aromatic N) is 1. The number of quaternary nitrogens is 1. The minimum atomic E-state index is 0.821. The first-order valence-corrected chi connectivity index (χ1v) is 6.10. The van der Waals surface area contributed by atoms with Crippen LogP contribution in [0.15, 0.2) is 30.3 Å². The first-order chi connectivity index (χ1) is 7.21. The van der Waals surface area contributed by atoms with Crippen molar-refractivity contribution in [1.82, 2.24) is 4.48 Å². The van der Waals surface area contributed by atoms with E-state index in [1.54, 1.807) is 0 Å². The van der Waals surface area contributed by atoms with Crippen molar-refractivity contribution in [2.75, 3.05) is 14.1 Å². The number of para-hydroxylation sites is 1. The van der Waals surface area contributed by atoms with Gasteiger partial charge in [-0.25, -0.2) is 0 Å². The maximum atomic E-state index is 2.35. The van der Waals surface area contributed by atoms with E-state index in [2.05, 4.69) is 44.4 Å². The predicted molar refractivity (Wildman–Crippen MR) is 67.0 cm³/mol. The fraction of sp³-hybridized carbons (Fsp3) is 0.571. The topological polar surface area (TPSA) is 0 Å². The van der Waals surface area contributed by atoms with Crippen LogP contribution in [0.4, 0.5) is 5.69 Å². The average molecular weight is 204 g/mol. The quantitative estimate of drug-likeness (QED) is 0.646. The smallest absolute Gasteiger partial charge is 0.132 e. The van der Waals surface area contributed by atoms with Gasteiger partial charge >= 0.3 is 0 Å². The molecule has 2 rings (SSSR count). The Balaban J connectivity index is 2.18. The van der Waals surface area contributed by atoms with Gasteiger partial charge in [0.1, 0.15) is 5.69 Å². The van der Waals surface area contributed by atoms with Gasteiger partial charge in [0.15, 0.2) is 0 Å². The van der Waals surface area contributed by atoms with Gasteiger partial charge in [-0.2, -0.15) is 0 Å². The molecule has 0 spiro atoms. The Bertz CT molecular complexity index is 296. The average Bonchev–Trinajstić information content (AvgIpc) is 2.31. The van der Waals surface area contributed by atoms with Gasteiger partial charge in [0.2, 0.25) is 0 Å². The van der Waals surface area contributed by atoms with Crippen molar-refractivity contribution in [2.45, 2.75) is 38.1 Å². The van der Waals surface area contributed by atoms with Crippen molar-refractivity contribution < 1.29 is 0 Å². The van der Waals surface area contributed by atoms with E-state index in [0.29, 0.717) is 0 Å². The minimum Gasteiger partial charge on any atom is -0.294 e. The highest BCUT2D eigenvalue weighted by Gasteiger charge is 2.31. The molecule has 1 aliphatic rings. The van der Waals surface area contributed by atoms with Crippen molar-refractivity contribution in [1.29, 1.82) is 0 Å². The van der Waals surface area contributed by atoms with Crippen LogP contribution < -0.4 is 4.48 Å². The maximum absolute atomic E-state index is 2.35. The fourth-order valence-corrected chi connectivity index (χ4v) is 2.75. The van der Waals surface area contributed by atoms with Crippen LogP contribution in [-0.4, -0.2) is 20.1 Å². The number of rotatable bonds is 2. The van der Waals surface area contributed by atoms with Gasteiger partial charge in [0.05, 0.1) is 20.1 Å². The monoisotopic (exact) mass is 204 g/mol. The number of hydrogen-bond acceptors (Lipinski definition) is 0. The van der Waals surface area contributed by atoms with E-state index < -0.39 is 0 Å². The van der Waals surface area contributed by atoms with Crippen molar-refractivity contribution in [3.8, 4) is 0 Å². The molecule has 1 aromatic carbocycles. The van der Waals surface area contributed by atoms with Crippen LogP contribution in [0.1, 0.15) is 32.1 Å². The lowest BCUT2D eigenvalue weighted by atomic mass is 9.92. The van der Waals surface area contributed by atoms with Gasteiger partial charge in [-0.1, -0.05) is 24.6 Å². The molecule has 0 aromatic heterocycles. The molecular weight excluding hydrogens is 182 g/mol. The van der Waals surface area contributed by atoms with E-state index in [4.69, 9.17) is 0 Å². The third kappa shape index (κ3) is 2.23. The standard InChI is InChI=1S/C14H22N/c1-15(2,13-9-5-3-6-10-13)14-11-7-4-8-12-14/h3,5-6,9-10,14H,4,7-8,11-12H2,1-2H3/q+1. The summed E-state index contributed by atoms with van der Waals surface area (Å²) in [4.78, 5) is 0. The summed E-state index contributed by atoms with van der Waals surface area (Å²) in [6, 6.07) is 11.7. The Labute approximate surface area is 93.3 Å². The van der Waals surface area contributed by atoms with Crippen LogP contribution >= 0.6 is 0 Å². The molecule has 1 saturated carbocycles. The second-order valence-corrected chi connectivity index (χ2v) is 5.17. The molecule has 0 aliphatic heterocycles. The van der Waals surface area contributed by atoms with Crippen LogP contribution in [0.2, 0.25) is 0 Å². The number of benzene rings is 1. The largest absolute Gasteiger partial charge is 0.294 e. The molecule has 0 heterocycles. The summed E-state index contributed by atoms with van der Waals surface area (Å²) in [5, 5.41) is 0. The normalized spacial score (nSPS) is 19.1. The Morgan fingerprint density at radius 2 is 1.53 bits per heavy atom. The van der Waals surface area contributed by atoms with E-state index in [9.17, 15) is 0 Å². The molecule has 82 valence electrons. The molecule has 15 heavy (non-hydrogen) atoms. The lowest BCUT2D eigenvalue weighted by Crippen LogP contribution is -2.50. The number of hydrogen-bond donors (Lipinski definition) is 0. The van der Waals surface area contributed by atoms with Gasteiger partial charge in [-0.05, 0) is 37.8 Å². The zero-order valence-corrected chi connectivity index (χ0v) is 9.95. The molecule has 0 unspecified atom stereocenters. The Hall–Kier alpha value is -0.820. The van der Waals surface area contributed by atoms with Gasteiger partial charge in [-0.15, -0.1) is 0 Å². The van der Waals surface area contributed by atoms with Crippen LogP contribution in [0, 0.1) is 0 Å². The van der Waals surface area contributed by atoms with Crippen LogP contribution in [0.25, 0.3) is 0 Å². The molecule has 0 radical (unpaired) electrons. The summed E-state index contributed by atoms with van der Waals surface area (Å²) in [6.45, 7) is 0. The first-order valence-electron chi connectivity index (χ1n) is 6.10. The van der Waals surface area contributed by atoms with Gasteiger partial charge < -0.3 is 0 Å². The minimum absolute atomic E-state index is 0.821. The molecule has 0 amide bonds. The van der Waals surface area contributed by atoms with E-state index in [1.165, 1.54) is 37.8 Å².